The highest BCUT2D eigenvalue weighted by atomic mass is 32.1. The molecule has 0 saturated carbocycles. The van der Waals surface area contributed by atoms with E-state index in [1.807, 2.05) is 0 Å². The van der Waals surface area contributed by atoms with Crippen molar-refractivity contribution in [2.45, 2.75) is 20.3 Å². The third kappa shape index (κ3) is 5.33. The van der Waals surface area contributed by atoms with Crippen LogP contribution in [-0.4, -0.2) is 28.6 Å². The summed E-state index contributed by atoms with van der Waals surface area (Å²) in [6.07, 6.45) is 0.823. The van der Waals surface area contributed by atoms with Crippen LogP contribution in [0.2, 0.25) is 0 Å². The Bertz CT molecular complexity index is 700. The van der Waals surface area contributed by atoms with Crippen LogP contribution >= 0.6 is 11.3 Å². The molecule has 0 radical (unpaired) electrons. The fourth-order valence-electron chi connectivity index (χ4n) is 1.79. The van der Waals surface area contributed by atoms with Crippen molar-refractivity contribution >= 4 is 28.3 Å². The van der Waals surface area contributed by atoms with Gasteiger partial charge in [0.25, 0.3) is 11.8 Å². The molecule has 2 rings (SSSR count). The van der Waals surface area contributed by atoms with Gasteiger partial charge in [-0.05, 0) is 24.1 Å². The number of nitrogens with zero attached hydrogens (tertiary/aromatic N) is 2. The van der Waals surface area contributed by atoms with Gasteiger partial charge in [0, 0.05) is 12.0 Å². The van der Waals surface area contributed by atoms with E-state index in [9.17, 15) is 9.59 Å². The number of carbonyl (C=O) groups is 2. The summed E-state index contributed by atoms with van der Waals surface area (Å²) in [7, 11) is 0. The minimum Gasteiger partial charge on any atom is -0.484 e. The third-order valence-corrected chi connectivity index (χ3v) is 3.61. The lowest BCUT2D eigenvalue weighted by atomic mass is 10.1. The Labute approximate surface area is 137 Å². The lowest BCUT2D eigenvalue weighted by Crippen LogP contribution is -2.20. The normalized spacial score (nSPS) is 10.6. The number of hydrogen-bond donors (Lipinski definition) is 2. The molecule has 0 unspecified atom stereocenters. The molecule has 7 nitrogen and oxygen atoms in total. The smallest absolute Gasteiger partial charge is 0.257 e. The number of benzene rings is 1. The fraction of sp³-hybridized carbons (Fsp3) is 0.333. The molecule has 122 valence electrons. The van der Waals surface area contributed by atoms with Gasteiger partial charge in [-0.1, -0.05) is 31.3 Å². The van der Waals surface area contributed by atoms with Crippen molar-refractivity contribution in [1.82, 2.24) is 10.2 Å². The molecular weight excluding hydrogens is 316 g/mol. The number of primary amides is 1. The number of anilines is 1. The first-order valence-electron chi connectivity index (χ1n) is 7.09. The van der Waals surface area contributed by atoms with E-state index < -0.39 is 5.91 Å². The van der Waals surface area contributed by atoms with Crippen LogP contribution in [0.4, 0.5) is 5.13 Å². The van der Waals surface area contributed by atoms with Crippen LogP contribution in [0.5, 0.6) is 5.75 Å². The number of amides is 2. The summed E-state index contributed by atoms with van der Waals surface area (Å²) in [4.78, 5) is 22.9. The minimum atomic E-state index is -0.577. The highest BCUT2D eigenvalue weighted by Gasteiger charge is 2.12. The topological polar surface area (TPSA) is 107 Å². The molecular formula is C15H18N4O3S. The lowest BCUT2D eigenvalue weighted by Gasteiger charge is -2.06. The van der Waals surface area contributed by atoms with Crippen LogP contribution in [-0.2, 0) is 11.2 Å². The quantitative estimate of drug-likeness (QED) is 0.803. The second kappa shape index (κ2) is 7.68. The molecule has 0 atom stereocenters. The van der Waals surface area contributed by atoms with Crippen molar-refractivity contribution in [2.75, 3.05) is 11.9 Å². The molecule has 1 aromatic carbocycles. The molecule has 1 heterocycles. The molecule has 8 heteroatoms. The number of nitrogens with one attached hydrogen (secondary N) is 1. The maximum absolute atomic E-state index is 12.2. The molecule has 2 amide bonds. The lowest BCUT2D eigenvalue weighted by molar-refractivity contribution is -0.119. The number of nitrogens with two attached hydrogens (primary N) is 1. The molecule has 0 aliphatic rings. The van der Waals surface area contributed by atoms with Gasteiger partial charge in [-0.15, -0.1) is 10.2 Å². The number of aromatic nitrogens is 2. The standard InChI is InChI=1S/C15H18N4O3S/c1-9(2)6-13-18-19-15(23-13)17-14(21)10-4-3-5-11(7-10)22-8-12(16)20/h3-5,7,9H,6,8H2,1-2H3,(H2,16,20)(H,17,19,21). The van der Waals surface area contributed by atoms with Gasteiger partial charge in [0.1, 0.15) is 10.8 Å². The predicted molar refractivity (Wildman–Crippen MR) is 87.5 cm³/mol. The van der Waals surface area contributed by atoms with E-state index >= 15 is 0 Å². The SMILES string of the molecule is CC(C)Cc1nnc(NC(=O)c2cccc(OCC(N)=O)c2)s1. The van der Waals surface area contributed by atoms with Crippen molar-refractivity contribution < 1.29 is 14.3 Å². The van der Waals surface area contributed by atoms with Gasteiger partial charge in [0.2, 0.25) is 5.13 Å². The first-order valence-corrected chi connectivity index (χ1v) is 7.90. The zero-order valence-electron chi connectivity index (χ0n) is 12.9. The Morgan fingerprint density at radius 3 is 2.83 bits per heavy atom. The molecule has 23 heavy (non-hydrogen) atoms. The van der Waals surface area contributed by atoms with E-state index in [0.717, 1.165) is 11.4 Å². The number of rotatable bonds is 7. The molecule has 1 aromatic heterocycles. The number of carbonyl (C=O) groups excluding carboxylic acids is 2. The van der Waals surface area contributed by atoms with Crippen LogP contribution in [0.1, 0.15) is 29.2 Å². The van der Waals surface area contributed by atoms with Crippen LogP contribution in [0.3, 0.4) is 0 Å². The van der Waals surface area contributed by atoms with Crippen LogP contribution < -0.4 is 15.8 Å². The van der Waals surface area contributed by atoms with Gasteiger partial charge < -0.3 is 10.5 Å². The Morgan fingerprint density at radius 1 is 1.35 bits per heavy atom. The second-order valence-corrected chi connectivity index (χ2v) is 6.40. The van der Waals surface area contributed by atoms with Crippen LogP contribution in [0.25, 0.3) is 0 Å². The molecule has 2 aromatic rings. The van der Waals surface area contributed by atoms with Crippen molar-refractivity contribution in [1.29, 1.82) is 0 Å². The van der Waals surface area contributed by atoms with Gasteiger partial charge in [-0.25, -0.2) is 0 Å². The van der Waals surface area contributed by atoms with Gasteiger partial charge in [0.15, 0.2) is 6.61 Å². The maximum Gasteiger partial charge on any atom is 0.257 e. The van der Waals surface area contributed by atoms with Gasteiger partial charge in [0.05, 0.1) is 0 Å². The molecule has 0 bridgehead atoms. The summed E-state index contributed by atoms with van der Waals surface area (Å²) in [6.45, 7) is 3.95. The maximum atomic E-state index is 12.2. The average Bonchev–Trinajstić information content (AvgIpc) is 2.91. The Hall–Kier alpha value is -2.48. The summed E-state index contributed by atoms with van der Waals surface area (Å²) >= 11 is 1.36. The predicted octanol–water partition coefficient (Wildman–Crippen LogP) is 1.85. The van der Waals surface area contributed by atoms with Gasteiger partial charge in [-0.3, -0.25) is 14.9 Å². The summed E-state index contributed by atoms with van der Waals surface area (Å²) in [5.41, 5.74) is 5.42. The highest BCUT2D eigenvalue weighted by molar-refractivity contribution is 7.15. The van der Waals surface area contributed by atoms with E-state index in [1.165, 1.54) is 17.4 Å². The van der Waals surface area contributed by atoms with Crippen molar-refractivity contribution in [3.8, 4) is 5.75 Å². The van der Waals surface area contributed by atoms with Crippen molar-refractivity contribution in [3.05, 3.63) is 34.8 Å². The molecule has 0 aliphatic heterocycles. The largest absolute Gasteiger partial charge is 0.484 e. The van der Waals surface area contributed by atoms with Crippen molar-refractivity contribution in [3.63, 3.8) is 0 Å². The molecule has 3 N–H and O–H groups in total. The first-order chi connectivity index (χ1) is 10.9. The third-order valence-electron chi connectivity index (χ3n) is 2.75. The summed E-state index contributed by atoms with van der Waals surface area (Å²) in [5, 5.41) is 12.0. The van der Waals surface area contributed by atoms with Gasteiger partial charge in [-0.2, -0.15) is 0 Å². The second-order valence-electron chi connectivity index (χ2n) is 5.34. The molecule has 0 fully saturated rings. The Balaban J connectivity index is 2.01. The van der Waals surface area contributed by atoms with Crippen molar-refractivity contribution in [2.24, 2.45) is 11.7 Å². The Morgan fingerprint density at radius 2 is 2.13 bits per heavy atom. The van der Waals surface area contributed by atoms with Gasteiger partial charge >= 0.3 is 0 Å². The first kappa shape index (κ1) is 16.9. The van der Waals surface area contributed by atoms with E-state index in [0.29, 0.717) is 22.4 Å². The average molecular weight is 334 g/mol. The van der Waals surface area contributed by atoms with E-state index in [-0.39, 0.29) is 12.5 Å². The number of hydrogen-bond acceptors (Lipinski definition) is 6. The molecule has 0 saturated heterocycles. The minimum absolute atomic E-state index is 0.236. The zero-order valence-corrected chi connectivity index (χ0v) is 13.7. The van der Waals surface area contributed by atoms with Crippen LogP contribution in [0, 0.1) is 5.92 Å². The van der Waals surface area contributed by atoms with Crippen LogP contribution in [0.15, 0.2) is 24.3 Å². The zero-order chi connectivity index (χ0) is 16.8. The summed E-state index contributed by atoms with van der Waals surface area (Å²) in [6, 6.07) is 6.48. The molecule has 0 spiro atoms. The van der Waals surface area contributed by atoms with E-state index in [1.54, 1.807) is 18.2 Å². The monoisotopic (exact) mass is 334 g/mol. The summed E-state index contributed by atoms with van der Waals surface area (Å²) in [5.74, 6) is -0.0204. The number of ether oxygens (including phenoxy) is 1. The fourth-order valence-corrected chi connectivity index (χ4v) is 2.73. The molecule has 0 aliphatic carbocycles. The Kier molecular flexibility index (Phi) is 5.64. The highest BCUT2D eigenvalue weighted by Crippen LogP contribution is 2.20. The van der Waals surface area contributed by atoms with E-state index in [4.69, 9.17) is 10.5 Å². The summed E-state index contributed by atoms with van der Waals surface area (Å²) < 4.78 is 5.18. The van der Waals surface area contributed by atoms with E-state index in [2.05, 4.69) is 29.4 Å².